The SMILES string of the molecule is O[C@@H]1CCN(Cc2cn(C3CCN(Cc4ccc5[nH]ccc5c4)CC3)nn2)C1. The van der Waals surface area contributed by atoms with Crippen molar-refractivity contribution < 1.29 is 5.11 Å². The largest absolute Gasteiger partial charge is 0.392 e. The Labute approximate surface area is 164 Å². The van der Waals surface area contributed by atoms with Gasteiger partial charge in [0.25, 0.3) is 0 Å². The number of fused-ring (bicyclic) bond motifs is 1. The number of aromatic amines is 1. The molecule has 2 aromatic heterocycles. The summed E-state index contributed by atoms with van der Waals surface area (Å²) in [5, 5.41) is 19.7. The molecule has 1 atom stereocenters. The molecule has 0 unspecified atom stereocenters. The van der Waals surface area contributed by atoms with Gasteiger partial charge in [0.2, 0.25) is 0 Å². The highest BCUT2D eigenvalue weighted by Gasteiger charge is 2.24. The minimum Gasteiger partial charge on any atom is -0.392 e. The van der Waals surface area contributed by atoms with Crippen LogP contribution in [0.25, 0.3) is 10.9 Å². The zero-order valence-corrected chi connectivity index (χ0v) is 16.2. The highest BCUT2D eigenvalue weighted by atomic mass is 16.3. The molecule has 28 heavy (non-hydrogen) atoms. The lowest BCUT2D eigenvalue weighted by molar-refractivity contribution is 0.172. The predicted molar refractivity (Wildman–Crippen MR) is 108 cm³/mol. The minimum atomic E-state index is -0.183. The van der Waals surface area contributed by atoms with Crippen molar-refractivity contribution >= 4 is 10.9 Å². The van der Waals surface area contributed by atoms with Gasteiger partial charge in [-0.2, -0.15) is 0 Å². The predicted octanol–water partition coefficient (Wildman–Crippen LogP) is 2.16. The fourth-order valence-electron chi connectivity index (χ4n) is 4.55. The van der Waals surface area contributed by atoms with Crippen LogP contribution in [0.5, 0.6) is 0 Å². The number of hydrogen-bond donors (Lipinski definition) is 2. The van der Waals surface area contributed by atoms with Crippen LogP contribution in [0.15, 0.2) is 36.7 Å². The fourth-order valence-corrected chi connectivity index (χ4v) is 4.55. The van der Waals surface area contributed by atoms with E-state index in [0.29, 0.717) is 6.04 Å². The molecule has 7 heteroatoms. The van der Waals surface area contributed by atoms with Crippen LogP contribution in [0.3, 0.4) is 0 Å². The van der Waals surface area contributed by atoms with E-state index in [-0.39, 0.29) is 6.10 Å². The van der Waals surface area contributed by atoms with Gasteiger partial charge in [0.05, 0.1) is 24.0 Å². The van der Waals surface area contributed by atoms with Crippen molar-refractivity contribution in [3.63, 3.8) is 0 Å². The number of aliphatic hydroxyl groups excluding tert-OH is 1. The first-order chi connectivity index (χ1) is 13.7. The van der Waals surface area contributed by atoms with E-state index in [2.05, 4.69) is 60.2 Å². The van der Waals surface area contributed by atoms with Crippen LogP contribution in [-0.4, -0.2) is 67.2 Å². The van der Waals surface area contributed by atoms with E-state index >= 15 is 0 Å². The highest BCUT2D eigenvalue weighted by Crippen LogP contribution is 2.24. The van der Waals surface area contributed by atoms with Gasteiger partial charge in [0, 0.05) is 51.0 Å². The molecule has 0 spiro atoms. The van der Waals surface area contributed by atoms with Crippen molar-refractivity contribution in [3.8, 4) is 0 Å². The van der Waals surface area contributed by atoms with Crippen LogP contribution in [0.2, 0.25) is 0 Å². The van der Waals surface area contributed by atoms with Crippen molar-refractivity contribution in [2.24, 2.45) is 0 Å². The molecular formula is C21H28N6O. The van der Waals surface area contributed by atoms with E-state index in [1.807, 2.05) is 6.20 Å². The van der Waals surface area contributed by atoms with Gasteiger partial charge in [-0.05, 0) is 48.4 Å². The lowest BCUT2D eigenvalue weighted by Crippen LogP contribution is -2.34. The third-order valence-electron chi connectivity index (χ3n) is 6.15. The summed E-state index contributed by atoms with van der Waals surface area (Å²) < 4.78 is 2.06. The monoisotopic (exact) mass is 380 g/mol. The number of aromatic nitrogens is 4. The third kappa shape index (κ3) is 3.83. The summed E-state index contributed by atoms with van der Waals surface area (Å²) >= 11 is 0. The molecule has 2 N–H and O–H groups in total. The summed E-state index contributed by atoms with van der Waals surface area (Å²) in [6.07, 6.45) is 7.00. The van der Waals surface area contributed by atoms with E-state index < -0.39 is 0 Å². The summed E-state index contributed by atoms with van der Waals surface area (Å²) in [4.78, 5) is 8.04. The van der Waals surface area contributed by atoms with Gasteiger partial charge < -0.3 is 10.1 Å². The molecule has 0 amide bonds. The van der Waals surface area contributed by atoms with E-state index in [1.165, 1.54) is 16.5 Å². The number of piperidine rings is 1. The smallest absolute Gasteiger partial charge is 0.0967 e. The molecule has 0 bridgehead atoms. The van der Waals surface area contributed by atoms with E-state index in [4.69, 9.17) is 0 Å². The summed E-state index contributed by atoms with van der Waals surface area (Å²) in [6.45, 7) is 5.67. The maximum absolute atomic E-state index is 9.67. The van der Waals surface area contributed by atoms with E-state index in [1.54, 1.807) is 0 Å². The Morgan fingerprint density at radius 1 is 1.04 bits per heavy atom. The van der Waals surface area contributed by atoms with Gasteiger partial charge in [-0.1, -0.05) is 11.3 Å². The fraction of sp³-hybridized carbons (Fsp3) is 0.524. The summed E-state index contributed by atoms with van der Waals surface area (Å²) in [6, 6.07) is 9.26. The molecule has 5 rings (SSSR count). The quantitative estimate of drug-likeness (QED) is 0.710. The molecule has 7 nitrogen and oxygen atoms in total. The van der Waals surface area contributed by atoms with Crippen LogP contribution in [0.1, 0.15) is 36.6 Å². The molecule has 0 aliphatic carbocycles. The number of hydrogen-bond acceptors (Lipinski definition) is 5. The molecule has 2 fully saturated rings. The minimum absolute atomic E-state index is 0.183. The lowest BCUT2D eigenvalue weighted by atomic mass is 10.0. The molecule has 2 saturated heterocycles. The van der Waals surface area contributed by atoms with Crippen LogP contribution < -0.4 is 0 Å². The average Bonchev–Trinajstić information content (AvgIpc) is 3.44. The first-order valence-corrected chi connectivity index (χ1v) is 10.3. The first-order valence-electron chi connectivity index (χ1n) is 10.3. The van der Waals surface area contributed by atoms with Crippen molar-refractivity contribution in [3.05, 3.63) is 47.9 Å². The zero-order valence-electron chi connectivity index (χ0n) is 16.2. The van der Waals surface area contributed by atoms with Crippen molar-refractivity contribution in [2.75, 3.05) is 26.2 Å². The number of likely N-dealkylation sites (tertiary alicyclic amines) is 2. The van der Waals surface area contributed by atoms with Crippen molar-refractivity contribution in [2.45, 2.75) is 44.5 Å². The second-order valence-corrected chi connectivity index (χ2v) is 8.27. The topological polar surface area (TPSA) is 73.2 Å². The normalized spacial score (nSPS) is 22.4. The molecule has 2 aliphatic heterocycles. The number of nitrogens with one attached hydrogen (secondary N) is 1. The molecule has 3 aromatic rings. The molecule has 148 valence electrons. The standard InChI is InChI=1S/C21H28N6O/c28-20-6-10-26(15-20)13-18-14-27(24-23-18)19-4-8-25(9-5-19)12-16-1-2-21-17(11-16)3-7-22-21/h1-3,7,11,14,19-20,22,28H,4-6,8-10,12-13,15H2/t20-/m1/s1. The average molecular weight is 380 g/mol. The number of benzene rings is 1. The van der Waals surface area contributed by atoms with Crippen LogP contribution in [-0.2, 0) is 13.1 Å². The second kappa shape index (κ2) is 7.66. The van der Waals surface area contributed by atoms with Crippen LogP contribution in [0.4, 0.5) is 0 Å². The third-order valence-corrected chi connectivity index (χ3v) is 6.15. The van der Waals surface area contributed by atoms with Gasteiger partial charge in [-0.15, -0.1) is 5.10 Å². The maximum Gasteiger partial charge on any atom is 0.0967 e. The first kappa shape index (κ1) is 17.8. The molecule has 0 saturated carbocycles. The number of rotatable bonds is 5. The Balaban J connectivity index is 1.14. The van der Waals surface area contributed by atoms with Gasteiger partial charge >= 0.3 is 0 Å². The van der Waals surface area contributed by atoms with Crippen LogP contribution >= 0.6 is 0 Å². The number of H-pyrrole nitrogens is 1. The molecule has 4 heterocycles. The zero-order chi connectivity index (χ0) is 18.9. The second-order valence-electron chi connectivity index (χ2n) is 8.27. The summed E-state index contributed by atoms with van der Waals surface area (Å²) in [5.74, 6) is 0. The highest BCUT2D eigenvalue weighted by molar-refractivity contribution is 5.79. The maximum atomic E-state index is 9.67. The molecule has 0 radical (unpaired) electrons. The Morgan fingerprint density at radius 2 is 1.89 bits per heavy atom. The Kier molecular flexibility index (Phi) is 4.88. The van der Waals surface area contributed by atoms with Gasteiger partial charge in [0.1, 0.15) is 0 Å². The van der Waals surface area contributed by atoms with Crippen molar-refractivity contribution in [1.29, 1.82) is 0 Å². The molecular weight excluding hydrogens is 352 g/mol. The van der Waals surface area contributed by atoms with Gasteiger partial charge in [0.15, 0.2) is 0 Å². The van der Waals surface area contributed by atoms with Crippen LogP contribution in [0, 0.1) is 0 Å². The number of aliphatic hydroxyl groups is 1. The molecule has 2 aliphatic rings. The van der Waals surface area contributed by atoms with E-state index in [9.17, 15) is 5.11 Å². The summed E-state index contributed by atoms with van der Waals surface area (Å²) in [7, 11) is 0. The lowest BCUT2D eigenvalue weighted by Gasteiger charge is -2.31. The Hall–Kier alpha value is -2.22. The Morgan fingerprint density at radius 3 is 2.71 bits per heavy atom. The number of nitrogens with zero attached hydrogens (tertiary/aromatic N) is 5. The molecule has 1 aromatic carbocycles. The van der Waals surface area contributed by atoms with E-state index in [0.717, 1.165) is 64.2 Å². The summed E-state index contributed by atoms with van der Waals surface area (Å²) in [5.41, 5.74) is 3.59. The van der Waals surface area contributed by atoms with Crippen molar-refractivity contribution in [1.82, 2.24) is 29.8 Å². The van der Waals surface area contributed by atoms with Gasteiger partial charge in [-0.25, -0.2) is 4.68 Å². The van der Waals surface area contributed by atoms with Gasteiger partial charge in [-0.3, -0.25) is 9.80 Å². The Bertz CT molecular complexity index is 926. The number of β-amino-alcohol motifs (C(OH)–C–C–N with tert-alkyl or cyclic N) is 1.